The van der Waals surface area contributed by atoms with Gasteiger partial charge in [-0.1, -0.05) is 6.92 Å². The Morgan fingerprint density at radius 3 is 2.80 bits per heavy atom. The van der Waals surface area contributed by atoms with E-state index in [1.54, 1.807) is 14.2 Å². The van der Waals surface area contributed by atoms with E-state index in [-0.39, 0.29) is 11.9 Å². The molecule has 2 N–H and O–H groups in total. The van der Waals surface area contributed by atoms with Crippen LogP contribution in [0.25, 0.3) is 10.2 Å². The molecule has 0 aromatic carbocycles. The van der Waals surface area contributed by atoms with Crippen LogP contribution in [0.4, 0.5) is 5.82 Å². The number of nitrogens with one attached hydrogen (secondary N) is 2. The van der Waals surface area contributed by atoms with E-state index in [2.05, 4.69) is 27.5 Å². The number of hydrogen-bond donors (Lipinski definition) is 2. The molecule has 0 unspecified atom stereocenters. The number of methoxy groups -OCH3 is 2. The summed E-state index contributed by atoms with van der Waals surface area (Å²) in [5.74, 6) is 0.674. The van der Waals surface area contributed by atoms with Gasteiger partial charge < -0.3 is 20.1 Å². The number of carbonyl (C=O) groups is 1. The second-order valence-electron chi connectivity index (χ2n) is 5.77. The molecule has 0 spiro atoms. The molecule has 0 fully saturated rings. The third-order valence-electron chi connectivity index (χ3n) is 3.95. The highest BCUT2D eigenvalue weighted by atomic mass is 32.1. The Labute approximate surface area is 152 Å². The van der Waals surface area contributed by atoms with Crippen LogP contribution in [0.1, 0.15) is 35.0 Å². The SMILES string of the molecule is CC[C@H](COC)Nc1ncnc2sc(C(=O)NCCCOC)c(C)c12. The molecule has 2 aromatic rings. The first-order valence-corrected chi connectivity index (χ1v) is 9.20. The Morgan fingerprint density at radius 2 is 2.12 bits per heavy atom. The molecule has 0 saturated heterocycles. The van der Waals surface area contributed by atoms with Crippen LogP contribution in [0, 0.1) is 6.92 Å². The van der Waals surface area contributed by atoms with E-state index in [9.17, 15) is 4.79 Å². The quantitative estimate of drug-likeness (QED) is 0.629. The van der Waals surface area contributed by atoms with E-state index in [1.165, 1.54) is 17.7 Å². The maximum atomic E-state index is 12.5. The third kappa shape index (κ3) is 4.87. The van der Waals surface area contributed by atoms with E-state index in [4.69, 9.17) is 9.47 Å². The van der Waals surface area contributed by atoms with Gasteiger partial charge >= 0.3 is 0 Å². The van der Waals surface area contributed by atoms with Crippen LogP contribution in [0.15, 0.2) is 6.33 Å². The van der Waals surface area contributed by atoms with Gasteiger partial charge in [-0.25, -0.2) is 9.97 Å². The number of rotatable bonds is 10. The molecule has 25 heavy (non-hydrogen) atoms. The van der Waals surface area contributed by atoms with Crippen LogP contribution in [0.2, 0.25) is 0 Å². The minimum atomic E-state index is -0.0773. The van der Waals surface area contributed by atoms with Gasteiger partial charge in [0.15, 0.2) is 0 Å². The first-order chi connectivity index (χ1) is 12.1. The normalized spacial score (nSPS) is 12.3. The number of thiophene rings is 1. The van der Waals surface area contributed by atoms with Crippen molar-refractivity contribution < 1.29 is 14.3 Å². The highest BCUT2D eigenvalue weighted by Gasteiger charge is 2.20. The Morgan fingerprint density at radius 1 is 1.32 bits per heavy atom. The van der Waals surface area contributed by atoms with E-state index in [1.807, 2.05) is 6.92 Å². The van der Waals surface area contributed by atoms with Crippen molar-refractivity contribution in [1.82, 2.24) is 15.3 Å². The number of ether oxygens (including phenoxy) is 2. The molecular formula is C17H26N4O3S. The van der Waals surface area contributed by atoms with Crippen molar-refractivity contribution in [2.45, 2.75) is 32.7 Å². The van der Waals surface area contributed by atoms with E-state index >= 15 is 0 Å². The molecule has 2 rings (SSSR count). The molecule has 0 radical (unpaired) electrons. The topological polar surface area (TPSA) is 85.4 Å². The van der Waals surface area contributed by atoms with Crippen LogP contribution in [-0.4, -0.2) is 55.9 Å². The molecule has 1 amide bonds. The predicted molar refractivity (Wildman–Crippen MR) is 101 cm³/mol. The predicted octanol–water partition coefficient (Wildman–Crippen LogP) is 2.60. The summed E-state index contributed by atoms with van der Waals surface area (Å²) in [6, 6.07) is 0.161. The van der Waals surface area contributed by atoms with Gasteiger partial charge in [0.25, 0.3) is 5.91 Å². The van der Waals surface area contributed by atoms with Gasteiger partial charge in [-0.15, -0.1) is 11.3 Å². The average Bonchev–Trinajstić information content (AvgIpc) is 2.96. The number of aryl methyl sites for hydroxylation is 1. The zero-order chi connectivity index (χ0) is 18.2. The molecule has 0 saturated carbocycles. The van der Waals surface area contributed by atoms with E-state index in [0.29, 0.717) is 24.6 Å². The number of hydrogen-bond acceptors (Lipinski definition) is 7. The third-order valence-corrected chi connectivity index (χ3v) is 5.14. The maximum absolute atomic E-state index is 12.5. The standard InChI is InChI=1S/C17H26N4O3S/c1-5-12(9-24-4)21-15-13-11(2)14(25-17(13)20-10-19-15)16(22)18-7-6-8-23-3/h10,12H,5-9H2,1-4H3,(H,18,22)(H,19,20,21)/t12-/m1/s1. The fourth-order valence-corrected chi connectivity index (χ4v) is 3.62. The van der Waals surface area contributed by atoms with Crippen molar-refractivity contribution >= 4 is 33.3 Å². The lowest BCUT2D eigenvalue weighted by Gasteiger charge is -2.17. The Bertz CT molecular complexity index is 705. The van der Waals surface area contributed by atoms with Gasteiger partial charge in [-0.05, 0) is 25.3 Å². The molecule has 8 heteroatoms. The summed E-state index contributed by atoms with van der Waals surface area (Å²) < 4.78 is 10.2. The fraction of sp³-hybridized carbons (Fsp3) is 0.588. The number of amides is 1. The summed E-state index contributed by atoms with van der Waals surface area (Å²) in [5.41, 5.74) is 0.902. The molecule has 0 bridgehead atoms. The molecular weight excluding hydrogens is 340 g/mol. The zero-order valence-corrected chi connectivity index (χ0v) is 16.0. The summed E-state index contributed by atoms with van der Waals surface area (Å²) in [6.45, 7) is 5.84. The van der Waals surface area contributed by atoms with Gasteiger partial charge in [-0.2, -0.15) is 0 Å². The van der Waals surface area contributed by atoms with Crippen LogP contribution in [0.5, 0.6) is 0 Å². The second-order valence-corrected chi connectivity index (χ2v) is 6.76. The molecule has 2 heterocycles. The number of carbonyl (C=O) groups excluding carboxylic acids is 1. The van der Waals surface area contributed by atoms with Crippen molar-refractivity contribution in [3.05, 3.63) is 16.8 Å². The van der Waals surface area contributed by atoms with Gasteiger partial charge in [0.05, 0.1) is 22.9 Å². The van der Waals surface area contributed by atoms with Gasteiger partial charge in [0.2, 0.25) is 0 Å². The molecule has 2 aromatic heterocycles. The van der Waals surface area contributed by atoms with Gasteiger partial charge in [-0.3, -0.25) is 4.79 Å². The van der Waals surface area contributed by atoms with Gasteiger partial charge in [0.1, 0.15) is 17.0 Å². The van der Waals surface area contributed by atoms with E-state index in [0.717, 1.165) is 34.4 Å². The maximum Gasteiger partial charge on any atom is 0.261 e. The molecule has 1 atom stereocenters. The Hall–Kier alpha value is -1.77. The van der Waals surface area contributed by atoms with Crippen molar-refractivity contribution in [3.63, 3.8) is 0 Å². The molecule has 0 aliphatic rings. The Balaban J connectivity index is 2.23. The van der Waals surface area contributed by atoms with Crippen LogP contribution >= 0.6 is 11.3 Å². The second kappa shape index (κ2) is 9.65. The Kier molecular flexibility index (Phi) is 7.54. The van der Waals surface area contributed by atoms with Gasteiger partial charge in [0, 0.05) is 27.4 Å². The summed E-state index contributed by atoms with van der Waals surface area (Å²) >= 11 is 1.39. The molecule has 7 nitrogen and oxygen atoms in total. The summed E-state index contributed by atoms with van der Waals surface area (Å²) in [5, 5.41) is 7.24. The summed E-state index contributed by atoms with van der Waals surface area (Å²) in [7, 11) is 3.33. The first kappa shape index (κ1) is 19.6. The minimum Gasteiger partial charge on any atom is -0.385 e. The number of aromatic nitrogens is 2. The first-order valence-electron chi connectivity index (χ1n) is 8.39. The molecule has 138 valence electrons. The highest BCUT2D eigenvalue weighted by Crippen LogP contribution is 2.33. The van der Waals surface area contributed by atoms with Crippen molar-refractivity contribution in [2.75, 3.05) is 39.3 Å². The zero-order valence-electron chi connectivity index (χ0n) is 15.2. The largest absolute Gasteiger partial charge is 0.385 e. The highest BCUT2D eigenvalue weighted by molar-refractivity contribution is 7.20. The van der Waals surface area contributed by atoms with Crippen LogP contribution < -0.4 is 10.6 Å². The molecule has 0 aliphatic heterocycles. The van der Waals surface area contributed by atoms with E-state index < -0.39 is 0 Å². The van der Waals surface area contributed by atoms with Crippen LogP contribution in [0.3, 0.4) is 0 Å². The van der Waals surface area contributed by atoms with Crippen molar-refractivity contribution in [3.8, 4) is 0 Å². The van der Waals surface area contributed by atoms with Crippen LogP contribution in [-0.2, 0) is 9.47 Å². The summed E-state index contributed by atoms with van der Waals surface area (Å²) in [6.07, 6.45) is 3.23. The number of fused-ring (bicyclic) bond motifs is 1. The minimum absolute atomic E-state index is 0.0773. The smallest absolute Gasteiger partial charge is 0.261 e. The number of nitrogens with zero attached hydrogens (tertiary/aromatic N) is 2. The monoisotopic (exact) mass is 366 g/mol. The summed E-state index contributed by atoms with van der Waals surface area (Å²) in [4.78, 5) is 22.7. The average molecular weight is 366 g/mol. The fourth-order valence-electron chi connectivity index (χ4n) is 2.55. The lowest BCUT2D eigenvalue weighted by atomic mass is 10.1. The van der Waals surface area contributed by atoms with Crippen molar-refractivity contribution in [2.24, 2.45) is 0 Å². The molecule has 0 aliphatic carbocycles. The van der Waals surface area contributed by atoms with Crippen molar-refractivity contribution in [1.29, 1.82) is 0 Å². The lowest BCUT2D eigenvalue weighted by molar-refractivity contribution is 0.0952. The number of anilines is 1. The lowest BCUT2D eigenvalue weighted by Crippen LogP contribution is -2.25.